The van der Waals surface area contributed by atoms with Gasteiger partial charge in [0, 0.05) is 6.04 Å². The van der Waals surface area contributed by atoms with Crippen molar-refractivity contribution in [3.05, 3.63) is 12.3 Å². The number of hydrogen-bond acceptors (Lipinski definition) is 4. The van der Waals surface area contributed by atoms with Crippen molar-refractivity contribution in [2.45, 2.75) is 38.1 Å². The number of hydrogen-bond donors (Lipinski definition) is 4. The molecule has 0 heterocycles. The number of carboxylic acids is 1. The summed E-state index contributed by atoms with van der Waals surface area (Å²) in [6.07, 6.45) is 6.66. The first-order valence-corrected chi connectivity index (χ1v) is 6.68. The Balaban J connectivity index is 0. The van der Waals surface area contributed by atoms with Crippen molar-refractivity contribution in [3.8, 4) is 0 Å². The lowest BCUT2D eigenvalue weighted by atomic mass is 9.97. The molecule has 1 saturated carbocycles. The standard InChI is InChI=1S/C6H13N.C3H5O6P.H2O/c7-6-4-2-1-3-5-6;1-2(3(4)5)9-10(6,7)8;/h6H,1-5,7H2;1H2,(H,4,5)(H2,6,7,8);1H2. The molecule has 0 aromatic rings. The number of carbonyl (C=O) groups is 1. The molecule has 108 valence electrons. The minimum Gasteiger partial charge on any atom is -0.475 e. The molecule has 0 unspecified atom stereocenters. The van der Waals surface area contributed by atoms with Crippen LogP contribution in [-0.2, 0) is 13.9 Å². The average molecular weight is 285 g/mol. The minimum atomic E-state index is -4.76. The quantitative estimate of drug-likeness (QED) is 0.325. The third kappa shape index (κ3) is 11.6. The highest BCUT2D eigenvalue weighted by Crippen LogP contribution is 2.38. The van der Waals surface area contributed by atoms with E-state index in [-0.39, 0.29) is 5.48 Å². The van der Waals surface area contributed by atoms with Crippen LogP contribution in [0.2, 0.25) is 0 Å². The van der Waals surface area contributed by atoms with E-state index < -0.39 is 19.6 Å². The summed E-state index contributed by atoms with van der Waals surface area (Å²) < 4.78 is 13.5. The van der Waals surface area contributed by atoms with E-state index in [2.05, 4.69) is 11.1 Å². The molecule has 0 spiro atoms. The van der Waals surface area contributed by atoms with Gasteiger partial charge in [0.25, 0.3) is 0 Å². The maximum absolute atomic E-state index is 9.89. The van der Waals surface area contributed by atoms with Crippen LogP contribution in [0, 0.1) is 0 Å². The Labute approximate surface area is 105 Å². The summed E-state index contributed by atoms with van der Waals surface area (Å²) in [6, 6.07) is 0.536. The molecule has 18 heavy (non-hydrogen) atoms. The molecule has 0 amide bonds. The lowest BCUT2D eigenvalue weighted by Gasteiger charge is -2.15. The Morgan fingerprint density at radius 1 is 1.28 bits per heavy atom. The second-order valence-corrected chi connectivity index (χ2v) is 4.87. The predicted octanol–water partition coefficient (Wildman–Crippen LogP) is 0.147. The van der Waals surface area contributed by atoms with Crippen molar-refractivity contribution >= 4 is 13.8 Å². The molecule has 1 aliphatic carbocycles. The van der Waals surface area contributed by atoms with Crippen LogP contribution in [-0.4, -0.2) is 32.4 Å². The molecular formula is C9H20NO7P. The lowest BCUT2D eigenvalue weighted by molar-refractivity contribution is -0.135. The van der Waals surface area contributed by atoms with Crippen molar-refractivity contribution < 1.29 is 34.3 Å². The summed E-state index contributed by atoms with van der Waals surface area (Å²) in [5.41, 5.74) is 5.63. The molecule has 1 fully saturated rings. The molecule has 0 aromatic heterocycles. The third-order valence-electron chi connectivity index (χ3n) is 2.12. The van der Waals surface area contributed by atoms with E-state index in [1.165, 1.54) is 32.1 Å². The van der Waals surface area contributed by atoms with Gasteiger partial charge in [-0.2, -0.15) is 0 Å². The summed E-state index contributed by atoms with van der Waals surface area (Å²) in [5.74, 6) is -2.59. The van der Waals surface area contributed by atoms with Gasteiger partial charge < -0.3 is 20.8 Å². The number of rotatable bonds is 3. The van der Waals surface area contributed by atoms with Crippen molar-refractivity contribution in [3.63, 3.8) is 0 Å². The topological polar surface area (TPSA) is 162 Å². The van der Waals surface area contributed by atoms with Crippen LogP contribution >= 0.6 is 7.82 Å². The van der Waals surface area contributed by atoms with Gasteiger partial charge in [-0.3, -0.25) is 9.79 Å². The lowest BCUT2D eigenvalue weighted by Crippen LogP contribution is -2.22. The van der Waals surface area contributed by atoms with Gasteiger partial charge in [0.1, 0.15) is 0 Å². The van der Waals surface area contributed by atoms with Gasteiger partial charge in [-0.25, -0.2) is 9.36 Å². The largest absolute Gasteiger partial charge is 0.525 e. The van der Waals surface area contributed by atoms with Crippen molar-refractivity contribution in [2.24, 2.45) is 5.73 Å². The van der Waals surface area contributed by atoms with Gasteiger partial charge in [0.15, 0.2) is 0 Å². The fourth-order valence-electron chi connectivity index (χ4n) is 1.32. The molecule has 0 aromatic carbocycles. The highest BCUT2D eigenvalue weighted by atomic mass is 31.2. The second-order valence-electron chi connectivity index (χ2n) is 3.71. The van der Waals surface area contributed by atoms with Crippen LogP contribution < -0.4 is 5.73 Å². The SMILES string of the molecule is C=C(OP(=O)(O)O)C(=O)O.NC1CCCCC1.O. The first kappa shape index (κ1) is 19.4. The Kier molecular flexibility index (Phi) is 9.78. The van der Waals surface area contributed by atoms with E-state index in [0.29, 0.717) is 6.04 Å². The van der Waals surface area contributed by atoms with Gasteiger partial charge in [0.2, 0.25) is 5.76 Å². The monoisotopic (exact) mass is 285 g/mol. The Morgan fingerprint density at radius 3 is 1.89 bits per heavy atom. The molecule has 0 aliphatic heterocycles. The molecule has 7 N–H and O–H groups in total. The van der Waals surface area contributed by atoms with E-state index in [1.807, 2.05) is 0 Å². The van der Waals surface area contributed by atoms with Gasteiger partial charge in [-0.15, -0.1) is 0 Å². The third-order valence-corrected chi connectivity index (χ3v) is 2.58. The molecular weight excluding hydrogens is 265 g/mol. The highest BCUT2D eigenvalue weighted by Gasteiger charge is 2.19. The van der Waals surface area contributed by atoms with E-state index >= 15 is 0 Å². The van der Waals surface area contributed by atoms with Crippen molar-refractivity contribution in [2.75, 3.05) is 0 Å². The van der Waals surface area contributed by atoms with E-state index in [4.69, 9.17) is 20.6 Å². The van der Waals surface area contributed by atoms with Crippen LogP contribution in [0.15, 0.2) is 12.3 Å². The molecule has 0 radical (unpaired) electrons. The number of aliphatic carboxylic acids is 1. The van der Waals surface area contributed by atoms with Crippen LogP contribution in [0.4, 0.5) is 0 Å². The van der Waals surface area contributed by atoms with Gasteiger partial charge in [-0.1, -0.05) is 19.3 Å². The highest BCUT2D eigenvalue weighted by molar-refractivity contribution is 7.46. The number of nitrogens with two attached hydrogens (primary N) is 1. The summed E-state index contributed by atoms with van der Waals surface area (Å²) in [6.45, 7) is 2.73. The average Bonchev–Trinajstić information content (AvgIpc) is 2.17. The van der Waals surface area contributed by atoms with E-state index in [1.54, 1.807) is 0 Å². The zero-order valence-corrected chi connectivity index (χ0v) is 10.8. The molecule has 8 nitrogen and oxygen atoms in total. The zero-order chi connectivity index (χ0) is 13.5. The minimum absolute atomic E-state index is 0. The zero-order valence-electron chi connectivity index (χ0n) is 9.91. The molecule has 9 heteroatoms. The maximum Gasteiger partial charge on any atom is 0.525 e. The summed E-state index contributed by atoms with van der Waals surface area (Å²) in [5, 5.41) is 7.98. The van der Waals surface area contributed by atoms with Crippen LogP contribution in [0.5, 0.6) is 0 Å². The van der Waals surface area contributed by atoms with Crippen molar-refractivity contribution in [1.29, 1.82) is 0 Å². The first-order valence-electron chi connectivity index (χ1n) is 5.15. The molecule has 1 aliphatic rings. The summed E-state index contributed by atoms with van der Waals surface area (Å²) in [7, 11) is -4.76. The maximum atomic E-state index is 9.89. The normalized spacial score (nSPS) is 15.7. The second kappa shape index (κ2) is 9.07. The number of carboxylic acid groups (broad SMARTS) is 1. The first-order chi connectivity index (χ1) is 7.72. The molecule has 0 bridgehead atoms. The predicted molar refractivity (Wildman–Crippen MR) is 64.6 cm³/mol. The van der Waals surface area contributed by atoms with Gasteiger partial charge in [-0.05, 0) is 19.4 Å². The van der Waals surface area contributed by atoms with E-state index in [9.17, 15) is 9.36 Å². The fraction of sp³-hybridized carbons (Fsp3) is 0.667. The number of phosphoric acid groups is 1. The van der Waals surface area contributed by atoms with Crippen molar-refractivity contribution in [1.82, 2.24) is 0 Å². The smallest absolute Gasteiger partial charge is 0.475 e. The Morgan fingerprint density at radius 2 is 1.72 bits per heavy atom. The number of phosphoric ester groups is 1. The summed E-state index contributed by atoms with van der Waals surface area (Å²) >= 11 is 0. The van der Waals surface area contributed by atoms with Gasteiger partial charge >= 0.3 is 13.8 Å². The van der Waals surface area contributed by atoms with Crippen LogP contribution in [0.3, 0.4) is 0 Å². The molecule has 0 atom stereocenters. The molecule has 1 rings (SSSR count). The van der Waals surface area contributed by atoms with Gasteiger partial charge in [0.05, 0.1) is 0 Å². The fourth-order valence-corrected chi connectivity index (χ4v) is 1.68. The molecule has 0 saturated heterocycles. The Hall–Kier alpha value is -0.920. The van der Waals surface area contributed by atoms with E-state index in [0.717, 1.165) is 0 Å². The van der Waals surface area contributed by atoms with Crippen LogP contribution in [0.25, 0.3) is 0 Å². The van der Waals surface area contributed by atoms with Crippen LogP contribution in [0.1, 0.15) is 32.1 Å². The Bertz CT molecular complexity index is 308. The summed E-state index contributed by atoms with van der Waals surface area (Å²) in [4.78, 5) is 25.8.